The molecule has 2 fully saturated rings. The highest BCUT2D eigenvalue weighted by molar-refractivity contribution is 5.92. The summed E-state index contributed by atoms with van der Waals surface area (Å²) >= 11 is 0. The average molecular weight is 377 g/mol. The lowest BCUT2D eigenvalue weighted by Gasteiger charge is -2.32. The summed E-state index contributed by atoms with van der Waals surface area (Å²) in [6.45, 7) is 3.46. The van der Waals surface area contributed by atoms with Crippen molar-refractivity contribution in [3.8, 4) is 0 Å². The zero-order valence-corrected chi connectivity index (χ0v) is 15.9. The highest BCUT2D eigenvalue weighted by Crippen LogP contribution is 2.38. The van der Waals surface area contributed by atoms with Gasteiger partial charge in [0.15, 0.2) is 11.5 Å². The number of pyridine rings is 1. The Kier molecular flexibility index (Phi) is 4.18. The van der Waals surface area contributed by atoms with Crippen molar-refractivity contribution in [2.75, 3.05) is 23.3 Å². The van der Waals surface area contributed by atoms with Crippen molar-refractivity contribution in [3.63, 3.8) is 0 Å². The van der Waals surface area contributed by atoms with Crippen molar-refractivity contribution in [1.82, 2.24) is 24.8 Å². The first-order valence-corrected chi connectivity index (χ1v) is 9.89. The fraction of sp³-hybridized carbons (Fsp3) is 0.450. The fourth-order valence-corrected chi connectivity index (χ4v) is 3.80. The second-order valence-corrected chi connectivity index (χ2v) is 7.73. The van der Waals surface area contributed by atoms with Crippen LogP contribution in [0.1, 0.15) is 43.1 Å². The molecule has 28 heavy (non-hydrogen) atoms. The smallest absolute Gasteiger partial charge is 0.230 e. The molecule has 1 amide bonds. The van der Waals surface area contributed by atoms with Crippen LogP contribution in [0.15, 0.2) is 30.3 Å². The summed E-state index contributed by atoms with van der Waals surface area (Å²) in [7, 11) is 0. The normalized spacial score (nSPS) is 19.8. The van der Waals surface area contributed by atoms with Crippen molar-refractivity contribution in [2.45, 2.75) is 38.5 Å². The van der Waals surface area contributed by atoms with Crippen LogP contribution in [0.3, 0.4) is 0 Å². The van der Waals surface area contributed by atoms with Crippen LogP contribution >= 0.6 is 0 Å². The first-order chi connectivity index (χ1) is 13.7. The van der Waals surface area contributed by atoms with Crippen LogP contribution in [-0.2, 0) is 4.79 Å². The molecule has 3 aromatic heterocycles. The molecule has 0 aromatic carbocycles. The highest BCUT2D eigenvalue weighted by atomic mass is 16.2. The number of hydrogen-bond acceptors (Lipinski definition) is 6. The lowest BCUT2D eigenvalue weighted by atomic mass is 9.97. The number of carbonyl (C=O) groups is 1. The Morgan fingerprint density at radius 3 is 2.86 bits per heavy atom. The Hall–Kier alpha value is -3.03. The van der Waals surface area contributed by atoms with Crippen molar-refractivity contribution >= 4 is 23.2 Å². The number of nitrogens with zero attached hydrogens (tertiary/aromatic N) is 6. The van der Waals surface area contributed by atoms with Crippen LogP contribution in [0.2, 0.25) is 0 Å². The quantitative estimate of drug-likeness (QED) is 0.752. The van der Waals surface area contributed by atoms with Gasteiger partial charge < -0.3 is 10.2 Å². The van der Waals surface area contributed by atoms with Gasteiger partial charge in [-0.2, -0.15) is 4.52 Å². The minimum absolute atomic E-state index is 0.0202. The third-order valence-corrected chi connectivity index (χ3v) is 5.47. The van der Waals surface area contributed by atoms with E-state index in [1.165, 1.54) is 0 Å². The average Bonchev–Trinajstić information content (AvgIpc) is 3.47. The zero-order valence-electron chi connectivity index (χ0n) is 15.9. The van der Waals surface area contributed by atoms with Gasteiger partial charge >= 0.3 is 0 Å². The predicted octanol–water partition coefficient (Wildman–Crippen LogP) is 2.56. The van der Waals surface area contributed by atoms with Crippen molar-refractivity contribution in [2.24, 2.45) is 5.92 Å². The number of aromatic nitrogens is 5. The molecule has 1 N–H and O–H groups in total. The third kappa shape index (κ3) is 3.30. The zero-order chi connectivity index (χ0) is 19.1. The Balaban J connectivity index is 1.33. The molecule has 8 heteroatoms. The molecule has 4 heterocycles. The molecule has 144 valence electrons. The van der Waals surface area contributed by atoms with E-state index in [1.54, 1.807) is 0 Å². The van der Waals surface area contributed by atoms with E-state index in [2.05, 4.69) is 25.4 Å². The van der Waals surface area contributed by atoms with Crippen molar-refractivity contribution in [3.05, 3.63) is 41.9 Å². The van der Waals surface area contributed by atoms with Crippen LogP contribution in [0.4, 0.5) is 11.6 Å². The standard InChI is InChI=1S/C20H23N7O/c1-13-4-2-6-16(21-13)22-20(28)15-5-3-11-26(12-15)18-10-9-17-23-24-19(14-7-8-14)27(17)25-18/h2,4,6,9-10,14-15H,3,5,7-8,11-12H2,1H3,(H,21,22,28). The molecule has 5 rings (SSSR count). The van der Waals surface area contributed by atoms with Gasteiger partial charge in [0.1, 0.15) is 11.6 Å². The van der Waals surface area contributed by atoms with Gasteiger partial charge in [-0.25, -0.2) is 4.98 Å². The van der Waals surface area contributed by atoms with Crippen LogP contribution in [0.25, 0.3) is 5.65 Å². The molecule has 2 aliphatic rings. The number of piperidine rings is 1. The second kappa shape index (κ2) is 6.85. The molecule has 1 aliphatic heterocycles. The van der Waals surface area contributed by atoms with Crippen LogP contribution in [-0.4, -0.2) is 43.8 Å². The molecule has 1 unspecified atom stereocenters. The van der Waals surface area contributed by atoms with E-state index in [-0.39, 0.29) is 11.8 Å². The molecule has 0 radical (unpaired) electrons. The Bertz CT molecular complexity index is 1030. The van der Waals surface area contributed by atoms with Gasteiger partial charge in [0, 0.05) is 24.7 Å². The molecule has 1 atom stereocenters. The number of amides is 1. The van der Waals surface area contributed by atoms with E-state index < -0.39 is 0 Å². The first kappa shape index (κ1) is 17.1. The predicted molar refractivity (Wildman–Crippen MR) is 105 cm³/mol. The minimum Gasteiger partial charge on any atom is -0.354 e. The largest absolute Gasteiger partial charge is 0.354 e. The van der Waals surface area contributed by atoms with Crippen LogP contribution in [0.5, 0.6) is 0 Å². The number of fused-ring (bicyclic) bond motifs is 1. The van der Waals surface area contributed by atoms with Gasteiger partial charge in [-0.15, -0.1) is 15.3 Å². The SMILES string of the molecule is Cc1cccc(NC(=O)C2CCCN(c3ccc4nnc(C5CC5)n4n3)C2)n1. The van der Waals surface area contributed by atoms with Gasteiger partial charge in [-0.05, 0) is 56.9 Å². The van der Waals surface area contributed by atoms with Gasteiger partial charge in [0.2, 0.25) is 5.91 Å². The molecule has 8 nitrogen and oxygen atoms in total. The van der Waals surface area contributed by atoms with E-state index >= 15 is 0 Å². The lowest BCUT2D eigenvalue weighted by Crippen LogP contribution is -2.41. The maximum absolute atomic E-state index is 12.8. The van der Waals surface area contributed by atoms with E-state index in [4.69, 9.17) is 5.10 Å². The first-order valence-electron chi connectivity index (χ1n) is 9.89. The lowest BCUT2D eigenvalue weighted by molar-refractivity contribution is -0.120. The van der Waals surface area contributed by atoms with Crippen LogP contribution in [0, 0.1) is 12.8 Å². The number of nitrogens with one attached hydrogen (secondary N) is 1. The summed E-state index contributed by atoms with van der Waals surface area (Å²) in [6, 6.07) is 9.58. The summed E-state index contributed by atoms with van der Waals surface area (Å²) in [4.78, 5) is 19.3. The maximum atomic E-state index is 12.8. The number of hydrogen-bond donors (Lipinski definition) is 1. The summed E-state index contributed by atoms with van der Waals surface area (Å²) in [6.07, 6.45) is 4.14. The Morgan fingerprint density at radius 1 is 1.14 bits per heavy atom. The van der Waals surface area contributed by atoms with Gasteiger partial charge in [0.25, 0.3) is 0 Å². The Labute approximate surface area is 163 Å². The third-order valence-electron chi connectivity index (χ3n) is 5.47. The summed E-state index contributed by atoms with van der Waals surface area (Å²) in [5.74, 6) is 2.86. The highest BCUT2D eigenvalue weighted by Gasteiger charge is 2.30. The maximum Gasteiger partial charge on any atom is 0.230 e. The number of anilines is 2. The van der Waals surface area contributed by atoms with Crippen molar-refractivity contribution < 1.29 is 4.79 Å². The van der Waals surface area contributed by atoms with Crippen LogP contribution < -0.4 is 10.2 Å². The molecule has 0 bridgehead atoms. The second-order valence-electron chi connectivity index (χ2n) is 7.73. The molecule has 0 spiro atoms. The van der Waals surface area contributed by atoms with Crippen molar-refractivity contribution in [1.29, 1.82) is 0 Å². The molecular formula is C20H23N7O. The van der Waals surface area contributed by atoms with E-state index in [0.717, 1.165) is 55.2 Å². The summed E-state index contributed by atoms with van der Waals surface area (Å²) in [5, 5.41) is 16.3. The molecular weight excluding hydrogens is 354 g/mol. The van der Waals surface area contributed by atoms with Gasteiger partial charge in [-0.1, -0.05) is 6.07 Å². The molecule has 3 aromatic rings. The van der Waals surface area contributed by atoms with E-state index in [1.807, 2.05) is 41.8 Å². The fourth-order valence-electron chi connectivity index (χ4n) is 3.80. The number of rotatable bonds is 4. The minimum atomic E-state index is -0.0858. The van der Waals surface area contributed by atoms with E-state index in [9.17, 15) is 4.79 Å². The Morgan fingerprint density at radius 2 is 2.04 bits per heavy atom. The number of aryl methyl sites for hydroxylation is 1. The molecule has 1 saturated heterocycles. The van der Waals surface area contributed by atoms with Gasteiger partial charge in [-0.3, -0.25) is 4.79 Å². The monoisotopic (exact) mass is 377 g/mol. The van der Waals surface area contributed by atoms with Gasteiger partial charge in [0.05, 0.1) is 5.92 Å². The summed E-state index contributed by atoms with van der Waals surface area (Å²) < 4.78 is 1.87. The number of carbonyl (C=O) groups excluding carboxylic acids is 1. The summed E-state index contributed by atoms with van der Waals surface area (Å²) in [5.41, 5.74) is 1.67. The molecule has 1 saturated carbocycles. The van der Waals surface area contributed by atoms with E-state index in [0.29, 0.717) is 18.3 Å². The topological polar surface area (TPSA) is 88.3 Å². The molecule has 1 aliphatic carbocycles.